The van der Waals surface area contributed by atoms with E-state index in [4.69, 9.17) is 0 Å². The van der Waals surface area contributed by atoms with Gasteiger partial charge in [-0.25, -0.2) is 0 Å². The molecule has 0 aromatic carbocycles. The van der Waals surface area contributed by atoms with Gasteiger partial charge >= 0.3 is 0 Å². The summed E-state index contributed by atoms with van der Waals surface area (Å²) in [6.07, 6.45) is 19.5. The van der Waals surface area contributed by atoms with Crippen molar-refractivity contribution in [3.8, 4) is 0 Å². The second kappa shape index (κ2) is 5.96. The van der Waals surface area contributed by atoms with Crippen LogP contribution in [-0.4, -0.2) is 0 Å². The minimum absolute atomic E-state index is 1.10. The standard InChI is InChI=1S/C11H16/c1-2-4-6-8-10-11-9-7-5-3-1/h1-2,5-8H,3-4,9-11H2/b2-1-,7-5-,8-6-. The third kappa shape index (κ3) is 4.60. The number of rotatable bonds is 0. The summed E-state index contributed by atoms with van der Waals surface area (Å²) >= 11 is 0. The van der Waals surface area contributed by atoms with Gasteiger partial charge in [-0.05, 0) is 32.1 Å². The lowest BCUT2D eigenvalue weighted by molar-refractivity contribution is 0.865. The fraction of sp³-hybridized carbons (Fsp3) is 0.455. The Labute approximate surface area is 69.3 Å². The van der Waals surface area contributed by atoms with Crippen LogP contribution in [0.2, 0.25) is 0 Å². The van der Waals surface area contributed by atoms with Crippen molar-refractivity contribution < 1.29 is 0 Å². The summed E-state index contributed by atoms with van der Waals surface area (Å²) in [6.45, 7) is 0. The molecule has 0 aliphatic heterocycles. The summed E-state index contributed by atoms with van der Waals surface area (Å²) in [7, 11) is 0. The highest BCUT2D eigenvalue weighted by Gasteiger charge is 1.81. The Morgan fingerprint density at radius 1 is 0.545 bits per heavy atom. The third-order valence-electron chi connectivity index (χ3n) is 1.79. The molecule has 0 aromatic heterocycles. The molecule has 0 nitrogen and oxygen atoms in total. The molecule has 0 spiro atoms. The van der Waals surface area contributed by atoms with Crippen molar-refractivity contribution in [2.24, 2.45) is 0 Å². The van der Waals surface area contributed by atoms with Gasteiger partial charge < -0.3 is 0 Å². The average molecular weight is 148 g/mol. The van der Waals surface area contributed by atoms with Crippen molar-refractivity contribution >= 4 is 0 Å². The van der Waals surface area contributed by atoms with Crippen LogP contribution in [0.4, 0.5) is 0 Å². The maximum Gasteiger partial charge on any atom is -0.0169 e. The highest BCUT2D eigenvalue weighted by molar-refractivity contribution is 4.98. The summed E-state index contributed by atoms with van der Waals surface area (Å²) < 4.78 is 0. The van der Waals surface area contributed by atoms with Crippen LogP contribution in [0, 0.1) is 0 Å². The molecule has 60 valence electrons. The van der Waals surface area contributed by atoms with Crippen molar-refractivity contribution in [1.82, 2.24) is 0 Å². The van der Waals surface area contributed by atoms with Gasteiger partial charge in [0, 0.05) is 0 Å². The van der Waals surface area contributed by atoms with E-state index in [0.29, 0.717) is 0 Å². The first-order chi connectivity index (χ1) is 5.50. The molecule has 1 aliphatic carbocycles. The second-order valence-corrected chi connectivity index (χ2v) is 2.82. The highest BCUT2D eigenvalue weighted by Crippen LogP contribution is 2.02. The van der Waals surface area contributed by atoms with Gasteiger partial charge in [-0.15, -0.1) is 0 Å². The van der Waals surface area contributed by atoms with Crippen LogP contribution in [0.1, 0.15) is 32.1 Å². The molecule has 0 fully saturated rings. The fourth-order valence-electron chi connectivity index (χ4n) is 1.13. The van der Waals surface area contributed by atoms with Crippen molar-refractivity contribution in [2.45, 2.75) is 32.1 Å². The Morgan fingerprint density at radius 2 is 1.00 bits per heavy atom. The third-order valence-corrected chi connectivity index (χ3v) is 1.79. The number of hydrogen-bond acceptors (Lipinski definition) is 0. The Hall–Kier alpha value is -0.780. The van der Waals surface area contributed by atoms with Gasteiger partial charge in [-0.3, -0.25) is 0 Å². The summed E-state index contributed by atoms with van der Waals surface area (Å²) in [5.41, 5.74) is 0. The van der Waals surface area contributed by atoms with Gasteiger partial charge in [0.15, 0.2) is 0 Å². The van der Waals surface area contributed by atoms with Gasteiger partial charge in [-0.2, -0.15) is 0 Å². The molecule has 0 amide bonds. The molecule has 0 heterocycles. The monoisotopic (exact) mass is 148 g/mol. The molecule has 1 rings (SSSR count). The molecule has 0 aromatic rings. The number of hydrogen-bond donors (Lipinski definition) is 0. The molecule has 0 saturated carbocycles. The zero-order valence-corrected chi connectivity index (χ0v) is 7.00. The van der Waals surface area contributed by atoms with Crippen molar-refractivity contribution in [2.75, 3.05) is 0 Å². The predicted octanol–water partition coefficient (Wildman–Crippen LogP) is 3.62. The van der Waals surface area contributed by atoms with Crippen LogP contribution >= 0.6 is 0 Å². The van der Waals surface area contributed by atoms with Crippen molar-refractivity contribution in [1.29, 1.82) is 0 Å². The zero-order chi connectivity index (χ0) is 7.78. The van der Waals surface area contributed by atoms with Crippen LogP contribution in [0.5, 0.6) is 0 Å². The van der Waals surface area contributed by atoms with Crippen LogP contribution < -0.4 is 0 Å². The van der Waals surface area contributed by atoms with E-state index in [0.717, 1.165) is 12.8 Å². The summed E-state index contributed by atoms with van der Waals surface area (Å²) in [5, 5.41) is 0. The first-order valence-electron chi connectivity index (χ1n) is 4.45. The Kier molecular flexibility index (Phi) is 4.51. The van der Waals surface area contributed by atoms with Gasteiger partial charge in [0.1, 0.15) is 0 Å². The molecule has 0 N–H and O–H groups in total. The van der Waals surface area contributed by atoms with Crippen molar-refractivity contribution in [3.63, 3.8) is 0 Å². The zero-order valence-electron chi connectivity index (χ0n) is 7.00. The predicted molar refractivity (Wildman–Crippen MR) is 50.5 cm³/mol. The van der Waals surface area contributed by atoms with Gasteiger partial charge in [0.2, 0.25) is 0 Å². The van der Waals surface area contributed by atoms with Crippen LogP contribution in [0.3, 0.4) is 0 Å². The quantitative estimate of drug-likeness (QED) is 0.460. The maximum absolute atomic E-state index is 2.28. The SMILES string of the molecule is C1=C\C/C=C\CCC/C=C\C/1. The molecule has 0 bridgehead atoms. The Balaban J connectivity index is 2.34. The minimum atomic E-state index is 1.10. The molecular formula is C11H16. The summed E-state index contributed by atoms with van der Waals surface area (Å²) in [6, 6.07) is 0. The first kappa shape index (κ1) is 8.32. The van der Waals surface area contributed by atoms with E-state index in [1.807, 2.05) is 0 Å². The lowest BCUT2D eigenvalue weighted by atomic mass is 10.2. The van der Waals surface area contributed by atoms with E-state index in [2.05, 4.69) is 36.5 Å². The number of allylic oxidation sites excluding steroid dienone is 6. The molecule has 11 heavy (non-hydrogen) atoms. The van der Waals surface area contributed by atoms with Crippen molar-refractivity contribution in [3.05, 3.63) is 36.5 Å². The van der Waals surface area contributed by atoms with Crippen LogP contribution in [-0.2, 0) is 0 Å². The molecule has 1 aliphatic rings. The summed E-state index contributed by atoms with van der Waals surface area (Å²) in [4.78, 5) is 0. The molecule has 0 heteroatoms. The molecule has 0 radical (unpaired) electrons. The smallest absolute Gasteiger partial charge is 0.0169 e. The van der Waals surface area contributed by atoms with E-state index in [1.165, 1.54) is 19.3 Å². The maximum atomic E-state index is 2.28. The highest BCUT2D eigenvalue weighted by atomic mass is 13.9. The topological polar surface area (TPSA) is 0 Å². The molecule has 0 unspecified atom stereocenters. The fourth-order valence-corrected chi connectivity index (χ4v) is 1.13. The minimum Gasteiger partial charge on any atom is -0.0882 e. The largest absolute Gasteiger partial charge is 0.0882 e. The van der Waals surface area contributed by atoms with E-state index >= 15 is 0 Å². The van der Waals surface area contributed by atoms with Gasteiger partial charge in [0.05, 0.1) is 0 Å². The summed E-state index contributed by atoms with van der Waals surface area (Å²) in [5.74, 6) is 0. The average Bonchev–Trinajstić information content (AvgIpc) is 2.08. The van der Waals surface area contributed by atoms with E-state index in [-0.39, 0.29) is 0 Å². The molecular weight excluding hydrogens is 132 g/mol. The van der Waals surface area contributed by atoms with E-state index in [9.17, 15) is 0 Å². The van der Waals surface area contributed by atoms with Gasteiger partial charge in [-0.1, -0.05) is 36.5 Å². The van der Waals surface area contributed by atoms with Crippen LogP contribution in [0.15, 0.2) is 36.5 Å². The van der Waals surface area contributed by atoms with Crippen LogP contribution in [0.25, 0.3) is 0 Å². The van der Waals surface area contributed by atoms with Gasteiger partial charge in [0.25, 0.3) is 0 Å². The van der Waals surface area contributed by atoms with E-state index < -0.39 is 0 Å². The lowest BCUT2D eigenvalue weighted by Crippen LogP contribution is -1.67. The Bertz CT molecular complexity index is 143. The van der Waals surface area contributed by atoms with E-state index in [1.54, 1.807) is 0 Å². The normalized spacial score (nSPS) is 28.4. The Morgan fingerprint density at radius 3 is 1.55 bits per heavy atom. The first-order valence-corrected chi connectivity index (χ1v) is 4.45. The lowest BCUT2D eigenvalue weighted by Gasteiger charge is -1.88. The molecule has 0 atom stereocenters. The second-order valence-electron chi connectivity index (χ2n) is 2.82. The molecule has 0 saturated heterocycles.